The fraction of sp³-hybridized carbons (Fsp3) is 0.474. The average Bonchev–Trinajstić information content (AvgIpc) is 3.06. The molecular weight excluding hydrogens is 332 g/mol. The number of carbonyl (C=O) groups is 1. The normalized spacial score (nSPS) is 18.4. The Bertz CT molecular complexity index is 762. The van der Waals surface area contributed by atoms with Gasteiger partial charge in [0.2, 0.25) is 0 Å². The summed E-state index contributed by atoms with van der Waals surface area (Å²) < 4.78 is 2.52. The zero-order chi connectivity index (χ0) is 17.8. The Kier molecular flexibility index (Phi) is 5.71. The zero-order valence-electron chi connectivity index (χ0n) is 14.9. The Labute approximate surface area is 154 Å². The molecule has 1 saturated heterocycles. The quantitative estimate of drug-likeness (QED) is 0.806. The lowest BCUT2D eigenvalue weighted by molar-refractivity contribution is 0.0922. The molecule has 2 N–H and O–H groups in total. The number of likely N-dealkylation sites (tertiary alicyclic amines) is 1. The number of nitrogens with one attached hydrogen (secondary N) is 2. The summed E-state index contributed by atoms with van der Waals surface area (Å²) >= 11 is 5.22. The van der Waals surface area contributed by atoms with Crippen molar-refractivity contribution < 1.29 is 4.79 Å². The highest BCUT2D eigenvalue weighted by Crippen LogP contribution is 2.18. The highest BCUT2D eigenvalue weighted by Gasteiger charge is 2.22. The lowest BCUT2D eigenvalue weighted by atomic mass is 9.97. The van der Waals surface area contributed by atoms with E-state index in [1.54, 1.807) is 6.20 Å². The van der Waals surface area contributed by atoms with Crippen LogP contribution >= 0.6 is 12.2 Å². The number of hydrogen-bond acceptors (Lipinski definition) is 3. The van der Waals surface area contributed by atoms with Crippen LogP contribution in [-0.4, -0.2) is 46.0 Å². The van der Waals surface area contributed by atoms with Crippen LogP contribution in [0, 0.1) is 10.7 Å². The van der Waals surface area contributed by atoms with Crippen molar-refractivity contribution in [2.24, 2.45) is 5.92 Å². The molecule has 1 aliphatic rings. The van der Waals surface area contributed by atoms with E-state index in [0.717, 1.165) is 18.8 Å². The Hall–Kier alpha value is -1.92. The second kappa shape index (κ2) is 7.97. The van der Waals surface area contributed by atoms with E-state index in [1.165, 1.54) is 19.4 Å². The number of benzene rings is 1. The first-order chi connectivity index (χ1) is 12.0. The van der Waals surface area contributed by atoms with Gasteiger partial charge in [0.15, 0.2) is 4.77 Å². The molecule has 1 amide bonds. The van der Waals surface area contributed by atoms with E-state index in [9.17, 15) is 4.79 Å². The Morgan fingerprint density at radius 3 is 2.76 bits per heavy atom. The molecule has 2 aromatic rings. The zero-order valence-corrected chi connectivity index (χ0v) is 15.7. The molecule has 6 heteroatoms. The molecule has 1 aliphatic heterocycles. The van der Waals surface area contributed by atoms with Crippen LogP contribution in [0.4, 0.5) is 0 Å². The average molecular weight is 359 g/mol. The molecule has 1 unspecified atom stereocenters. The predicted molar refractivity (Wildman–Crippen MR) is 103 cm³/mol. The van der Waals surface area contributed by atoms with Crippen LogP contribution in [0.25, 0.3) is 5.69 Å². The van der Waals surface area contributed by atoms with E-state index in [1.807, 2.05) is 35.0 Å². The monoisotopic (exact) mass is 358 g/mol. The van der Waals surface area contributed by atoms with Gasteiger partial charge in [-0.15, -0.1) is 0 Å². The summed E-state index contributed by atoms with van der Waals surface area (Å²) in [5.74, 6) is 0.531. The summed E-state index contributed by atoms with van der Waals surface area (Å²) in [5, 5.41) is 3.09. The summed E-state index contributed by atoms with van der Waals surface area (Å²) in [6.45, 7) is 7.46. The number of nitrogens with zero attached hydrogens (tertiary/aromatic N) is 2. The SMILES string of the molecule is CC(C)N1CCCC(CNC(=O)c2ccc(-n3cc[nH]c3=S)cc2)C1. The van der Waals surface area contributed by atoms with E-state index in [4.69, 9.17) is 12.2 Å². The maximum atomic E-state index is 12.4. The minimum Gasteiger partial charge on any atom is -0.352 e. The van der Waals surface area contributed by atoms with Gasteiger partial charge in [0.05, 0.1) is 0 Å². The fourth-order valence-electron chi connectivity index (χ4n) is 3.37. The van der Waals surface area contributed by atoms with Crippen LogP contribution in [-0.2, 0) is 0 Å². The van der Waals surface area contributed by atoms with Gasteiger partial charge in [0, 0.05) is 42.8 Å². The minimum absolute atomic E-state index is 0.00844. The maximum Gasteiger partial charge on any atom is 0.251 e. The van der Waals surface area contributed by atoms with Gasteiger partial charge in [-0.1, -0.05) is 0 Å². The van der Waals surface area contributed by atoms with Crippen LogP contribution in [0.3, 0.4) is 0 Å². The van der Waals surface area contributed by atoms with Crippen molar-refractivity contribution in [3.05, 3.63) is 47.0 Å². The van der Waals surface area contributed by atoms with Crippen LogP contribution in [0.15, 0.2) is 36.7 Å². The molecule has 3 rings (SSSR count). The van der Waals surface area contributed by atoms with Gasteiger partial charge in [0.1, 0.15) is 0 Å². The van der Waals surface area contributed by atoms with Crippen molar-refractivity contribution in [2.75, 3.05) is 19.6 Å². The molecule has 25 heavy (non-hydrogen) atoms. The number of rotatable bonds is 5. The van der Waals surface area contributed by atoms with Crippen molar-refractivity contribution in [2.45, 2.75) is 32.7 Å². The second-order valence-corrected chi connectivity index (χ2v) is 7.38. The number of aromatic nitrogens is 2. The molecule has 1 aromatic carbocycles. The highest BCUT2D eigenvalue weighted by atomic mass is 32.1. The van der Waals surface area contributed by atoms with Crippen molar-refractivity contribution in [3.8, 4) is 5.69 Å². The van der Waals surface area contributed by atoms with Gasteiger partial charge in [-0.25, -0.2) is 0 Å². The second-order valence-electron chi connectivity index (χ2n) is 6.99. The van der Waals surface area contributed by atoms with Crippen molar-refractivity contribution in [3.63, 3.8) is 0 Å². The summed E-state index contributed by atoms with van der Waals surface area (Å²) in [6.07, 6.45) is 6.08. The number of aromatic amines is 1. The third kappa shape index (κ3) is 4.38. The lowest BCUT2D eigenvalue weighted by Gasteiger charge is -2.35. The molecule has 5 nitrogen and oxygen atoms in total. The third-order valence-corrected chi connectivity index (χ3v) is 5.20. The maximum absolute atomic E-state index is 12.4. The molecule has 1 aromatic heterocycles. The van der Waals surface area contributed by atoms with E-state index in [0.29, 0.717) is 22.3 Å². The molecule has 0 saturated carbocycles. The van der Waals surface area contributed by atoms with Gasteiger partial charge in [-0.05, 0) is 75.6 Å². The lowest BCUT2D eigenvalue weighted by Crippen LogP contribution is -2.43. The summed E-state index contributed by atoms with van der Waals surface area (Å²) in [4.78, 5) is 17.9. The van der Waals surface area contributed by atoms with Gasteiger partial charge in [-0.3, -0.25) is 9.36 Å². The molecule has 1 fully saturated rings. The molecule has 0 radical (unpaired) electrons. The van der Waals surface area contributed by atoms with Crippen molar-refractivity contribution in [1.82, 2.24) is 19.8 Å². The van der Waals surface area contributed by atoms with Crippen molar-refractivity contribution in [1.29, 1.82) is 0 Å². The number of carbonyl (C=O) groups excluding carboxylic acids is 1. The van der Waals surface area contributed by atoms with E-state index in [-0.39, 0.29) is 5.91 Å². The molecule has 0 aliphatic carbocycles. The fourth-order valence-corrected chi connectivity index (χ4v) is 3.60. The largest absolute Gasteiger partial charge is 0.352 e. The van der Waals surface area contributed by atoms with E-state index < -0.39 is 0 Å². The minimum atomic E-state index is -0.00844. The van der Waals surface area contributed by atoms with Gasteiger partial charge >= 0.3 is 0 Å². The summed E-state index contributed by atoms with van der Waals surface area (Å²) in [5.41, 5.74) is 1.63. The first kappa shape index (κ1) is 17.9. The van der Waals surface area contributed by atoms with E-state index in [2.05, 4.69) is 29.0 Å². The third-order valence-electron chi connectivity index (χ3n) is 4.89. The smallest absolute Gasteiger partial charge is 0.251 e. The first-order valence-corrected chi connectivity index (χ1v) is 9.34. The van der Waals surface area contributed by atoms with Gasteiger partial charge in [-0.2, -0.15) is 0 Å². The molecule has 2 heterocycles. The number of amides is 1. The Morgan fingerprint density at radius 2 is 2.12 bits per heavy atom. The Morgan fingerprint density at radius 1 is 1.36 bits per heavy atom. The van der Waals surface area contributed by atoms with Crippen LogP contribution in [0.1, 0.15) is 37.0 Å². The number of H-pyrrole nitrogens is 1. The molecule has 1 atom stereocenters. The number of imidazole rings is 1. The predicted octanol–water partition coefficient (Wildman–Crippen LogP) is 3.39. The molecule has 0 bridgehead atoms. The topological polar surface area (TPSA) is 53.1 Å². The van der Waals surface area contributed by atoms with E-state index >= 15 is 0 Å². The first-order valence-electron chi connectivity index (χ1n) is 8.93. The van der Waals surface area contributed by atoms with Crippen LogP contribution in [0.2, 0.25) is 0 Å². The van der Waals surface area contributed by atoms with Gasteiger partial charge in [0.25, 0.3) is 5.91 Å². The molecular formula is C19H26N4OS. The van der Waals surface area contributed by atoms with Crippen LogP contribution < -0.4 is 5.32 Å². The van der Waals surface area contributed by atoms with Crippen molar-refractivity contribution >= 4 is 18.1 Å². The molecule has 134 valence electrons. The molecule has 0 spiro atoms. The summed E-state index contributed by atoms with van der Waals surface area (Å²) in [7, 11) is 0. The van der Waals surface area contributed by atoms with Gasteiger partial charge < -0.3 is 15.2 Å². The standard InChI is InChI=1S/C19H26N4OS/c1-14(2)22-10-3-4-15(13-22)12-21-18(24)16-5-7-17(8-6-16)23-11-9-20-19(23)25/h5-9,11,14-15H,3-4,10,12-13H2,1-2H3,(H,20,25)(H,21,24). The summed E-state index contributed by atoms with van der Waals surface area (Å²) in [6, 6.07) is 8.10. The highest BCUT2D eigenvalue weighted by molar-refractivity contribution is 7.71. The van der Waals surface area contributed by atoms with Crippen LogP contribution in [0.5, 0.6) is 0 Å². The number of hydrogen-bond donors (Lipinski definition) is 2. The number of piperidine rings is 1. The Balaban J connectivity index is 1.56.